The van der Waals surface area contributed by atoms with Crippen LogP contribution in [-0.2, 0) is 0 Å². The Hall–Kier alpha value is -0.570. The quantitative estimate of drug-likeness (QED) is 0.872. The molecule has 1 aliphatic carbocycles. The second kappa shape index (κ2) is 5.38. The zero-order chi connectivity index (χ0) is 12.4. The van der Waals surface area contributed by atoms with E-state index in [-0.39, 0.29) is 12.1 Å². The third kappa shape index (κ3) is 3.44. The molecule has 94 valence electrons. The lowest BCUT2D eigenvalue weighted by molar-refractivity contribution is 0.0911. The van der Waals surface area contributed by atoms with Crippen molar-refractivity contribution < 1.29 is 5.11 Å². The molecule has 1 fully saturated rings. The van der Waals surface area contributed by atoms with Crippen molar-refractivity contribution >= 4 is 11.6 Å². The number of hydrogen-bond donors (Lipinski definition) is 1. The molecule has 17 heavy (non-hydrogen) atoms. The van der Waals surface area contributed by atoms with Crippen LogP contribution in [0.25, 0.3) is 0 Å². The summed E-state index contributed by atoms with van der Waals surface area (Å²) in [6.45, 7) is 2.88. The summed E-state index contributed by atoms with van der Waals surface area (Å²) in [6.07, 6.45) is 2.18. The molecule has 0 radical (unpaired) electrons. The third-order valence-electron chi connectivity index (χ3n) is 3.63. The fourth-order valence-electron chi connectivity index (χ4n) is 2.10. The molecular formula is C14H20ClNO. The Balaban J connectivity index is 1.95. The van der Waals surface area contributed by atoms with E-state index >= 15 is 0 Å². The van der Waals surface area contributed by atoms with Gasteiger partial charge in [0.1, 0.15) is 0 Å². The molecule has 1 aromatic rings. The van der Waals surface area contributed by atoms with E-state index in [9.17, 15) is 5.11 Å². The molecule has 0 aliphatic heterocycles. The fourth-order valence-corrected chi connectivity index (χ4v) is 2.30. The molecular weight excluding hydrogens is 234 g/mol. The Morgan fingerprint density at radius 2 is 2.18 bits per heavy atom. The van der Waals surface area contributed by atoms with Crippen LogP contribution >= 0.6 is 11.6 Å². The molecule has 2 nitrogen and oxygen atoms in total. The van der Waals surface area contributed by atoms with Gasteiger partial charge in [-0.3, -0.25) is 4.90 Å². The van der Waals surface area contributed by atoms with Crippen LogP contribution in [-0.4, -0.2) is 29.7 Å². The minimum Gasteiger partial charge on any atom is -0.392 e. The molecule has 0 aromatic heterocycles. The Morgan fingerprint density at radius 1 is 1.47 bits per heavy atom. The summed E-state index contributed by atoms with van der Waals surface area (Å²) in [5.74, 6) is 0.531. The fraction of sp³-hybridized carbons (Fsp3) is 0.571. The number of aliphatic hydroxyl groups excluding tert-OH is 1. The third-order valence-corrected chi connectivity index (χ3v) is 3.87. The molecule has 1 N–H and O–H groups in total. The smallest absolute Gasteiger partial charge is 0.0695 e. The Kier molecular flexibility index (Phi) is 4.08. The van der Waals surface area contributed by atoms with E-state index in [1.807, 2.05) is 18.2 Å². The van der Waals surface area contributed by atoms with Crippen LogP contribution in [0.15, 0.2) is 24.3 Å². The van der Waals surface area contributed by atoms with Gasteiger partial charge in [-0.25, -0.2) is 0 Å². The van der Waals surface area contributed by atoms with Gasteiger partial charge in [-0.2, -0.15) is 0 Å². The molecule has 2 rings (SSSR count). The van der Waals surface area contributed by atoms with Gasteiger partial charge < -0.3 is 5.11 Å². The van der Waals surface area contributed by atoms with E-state index in [0.29, 0.717) is 5.92 Å². The predicted molar refractivity (Wildman–Crippen MR) is 71.2 cm³/mol. The Morgan fingerprint density at radius 3 is 2.76 bits per heavy atom. The number of benzene rings is 1. The average Bonchev–Trinajstić information content (AvgIpc) is 3.11. The SMILES string of the molecule is CC(c1cccc(Cl)c1)N(C)CC(O)C1CC1. The monoisotopic (exact) mass is 253 g/mol. The van der Waals surface area contributed by atoms with Crippen molar-refractivity contribution in [2.45, 2.75) is 31.9 Å². The summed E-state index contributed by atoms with van der Waals surface area (Å²) in [5, 5.41) is 10.7. The first-order valence-electron chi connectivity index (χ1n) is 6.21. The number of rotatable bonds is 5. The lowest BCUT2D eigenvalue weighted by Gasteiger charge is -2.27. The number of nitrogens with zero attached hydrogens (tertiary/aromatic N) is 1. The van der Waals surface area contributed by atoms with Crippen LogP contribution in [0, 0.1) is 5.92 Å². The maximum Gasteiger partial charge on any atom is 0.0695 e. The molecule has 0 bridgehead atoms. The number of likely N-dealkylation sites (N-methyl/N-ethyl adjacent to an activating group) is 1. The van der Waals surface area contributed by atoms with Crippen molar-refractivity contribution in [2.24, 2.45) is 5.92 Å². The minimum absolute atomic E-state index is 0.179. The maximum absolute atomic E-state index is 9.94. The summed E-state index contributed by atoms with van der Waals surface area (Å²) in [4.78, 5) is 2.19. The van der Waals surface area contributed by atoms with Crippen LogP contribution in [0.3, 0.4) is 0 Å². The normalized spacial score (nSPS) is 19.4. The van der Waals surface area contributed by atoms with Gasteiger partial charge in [0.25, 0.3) is 0 Å². The van der Waals surface area contributed by atoms with Crippen molar-refractivity contribution in [3.05, 3.63) is 34.9 Å². The minimum atomic E-state index is -0.179. The average molecular weight is 254 g/mol. The highest BCUT2D eigenvalue weighted by Gasteiger charge is 2.31. The van der Waals surface area contributed by atoms with Crippen molar-refractivity contribution in [2.75, 3.05) is 13.6 Å². The zero-order valence-electron chi connectivity index (χ0n) is 10.4. The summed E-state index contributed by atoms with van der Waals surface area (Å²) in [5.41, 5.74) is 1.20. The van der Waals surface area contributed by atoms with E-state index in [1.54, 1.807) is 0 Å². The van der Waals surface area contributed by atoms with Gasteiger partial charge in [0.05, 0.1) is 6.10 Å². The summed E-state index contributed by atoms with van der Waals surface area (Å²) >= 11 is 5.99. The number of aliphatic hydroxyl groups is 1. The molecule has 2 atom stereocenters. The maximum atomic E-state index is 9.94. The molecule has 0 saturated heterocycles. The molecule has 1 saturated carbocycles. The van der Waals surface area contributed by atoms with Crippen molar-refractivity contribution in [1.29, 1.82) is 0 Å². The molecule has 0 spiro atoms. The van der Waals surface area contributed by atoms with Gasteiger partial charge in [-0.1, -0.05) is 23.7 Å². The van der Waals surface area contributed by atoms with Crippen molar-refractivity contribution in [1.82, 2.24) is 4.90 Å². The molecule has 1 aliphatic rings. The van der Waals surface area contributed by atoms with Crippen LogP contribution in [0.2, 0.25) is 5.02 Å². The van der Waals surface area contributed by atoms with E-state index in [4.69, 9.17) is 11.6 Å². The van der Waals surface area contributed by atoms with E-state index < -0.39 is 0 Å². The highest BCUT2D eigenvalue weighted by atomic mass is 35.5. The first kappa shape index (κ1) is 12.9. The van der Waals surface area contributed by atoms with Gasteiger partial charge in [0, 0.05) is 17.6 Å². The van der Waals surface area contributed by atoms with Gasteiger partial charge in [0.15, 0.2) is 0 Å². The van der Waals surface area contributed by atoms with Gasteiger partial charge in [-0.15, -0.1) is 0 Å². The summed E-state index contributed by atoms with van der Waals surface area (Å²) < 4.78 is 0. The first-order valence-corrected chi connectivity index (χ1v) is 6.59. The topological polar surface area (TPSA) is 23.5 Å². The van der Waals surface area contributed by atoms with Gasteiger partial charge in [0.2, 0.25) is 0 Å². The Labute approximate surface area is 108 Å². The van der Waals surface area contributed by atoms with Crippen LogP contribution in [0.5, 0.6) is 0 Å². The molecule has 3 heteroatoms. The number of hydrogen-bond acceptors (Lipinski definition) is 2. The number of halogens is 1. The summed E-state index contributed by atoms with van der Waals surface area (Å²) in [6, 6.07) is 8.21. The van der Waals surface area contributed by atoms with Crippen molar-refractivity contribution in [3.63, 3.8) is 0 Å². The zero-order valence-corrected chi connectivity index (χ0v) is 11.2. The van der Waals surface area contributed by atoms with E-state index in [1.165, 1.54) is 18.4 Å². The van der Waals surface area contributed by atoms with Crippen molar-refractivity contribution in [3.8, 4) is 0 Å². The predicted octanol–water partition coefficient (Wildman–Crippen LogP) is 3.10. The lowest BCUT2D eigenvalue weighted by Crippen LogP contribution is -2.32. The molecule has 1 aromatic carbocycles. The molecule has 0 amide bonds. The van der Waals surface area contributed by atoms with Crippen LogP contribution < -0.4 is 0 Å². The molecule has 0 heterocycles. The van der Waals surface area contributed by atoms with E-state index in [0.717, 1.165) is 11.6 Å². The largest absolute Gasteiger partial charge is 0.392 e. The standard InChI is InChI=1S/C14H20ClNO/c1-10(12-4-3-5-13(15)8-12)16(2)9-14(17)11-6-7-11/h3-5,8,10-11,14,17H,6-7,9H2,1-2H3. The summed E-state index contributed by atoms with van der Waals surface area (Å²) in [7, 11) is 2.05. The van der Waals surface area contributed by atoms with E-state index in [2.05, 4.69) is 24.9 Å². The van der Waals surface area contributed by atoms with Gasteiger partial charge >= 0.3 is 0 Å². The van der Waals surface area contributed by atoms with Crippen LogP contribution in [0.4, 0.5) is 0 Å². The van der Waals surface area contributed by atoms with Gasteiger partial charge in [-0.05, 0) is 50.4 Å². The Bertz CT molecular complexity index is 378. The lowest BCUT2D eigenvalue weighted by atomic mass is 10.1. The van der Waals surface area contributed by atoms with Crippen LogP contribution in [0.1, 0.15) is 31.4 Å². The highest BCUT2D eigenvalue weighted by molar-refractivity contribution is 6.30. The second-order valence-corrected chi connectivity index (χ2v) is 5.51. The first-order chi connectivity index (χ1) is 8.08. The second-order valence-electron chi connectivity index (χ2n) is 5.08. The highest BCUT2D eigenvalue weighted by Crippen LogP contribution is 2.33. The molecule has 2 unspecified atom stereocenters.